The van der Waals surface area contributed by atoms with Crippen molar-refractivity contribution < 1.29 is 18.3 Å². The van der Waals surface area contributed by atoms with Gasteiger partial charge >= 0.3 is 0 Å². The van der Waals surface area contributed by atoms with Crippen LogP contribution in [0.1, 0.15) is 35.7 Å². The van der Waals surface area contributed by atoms with Gasteiger partial charge in [-0.2, -0.15) is 0 Å². The maximum Gasteiger partial charge on any atom is 0.226 e. The highest BCUT2D eigenvalue weighted by Gasteiger charge is 2.33. The first kappa shape index (κ1) is 20.5. The molecule has 0 saturated carbocycles. The van der Waals surface area contributed by atoms with Gasteiger partial charge in [0, 0.05) is 43.1 Å². The minimum atomic E-state index is -0.727. The number of carbonyl (C=O) groups excluding carboxylic acids is 1. The van der Waals surface area contributed by atoms with Crippen LogP contribution in [0.3, 0.4) is 0 Å². The molecule has 0 radical (unpaired) electrons. The molecular weight excluding hydrogens is 420 g/mol. The van der Waals surface area contributed by atoms with E-state index in [-0.39, 0.29) is 29.0 Å². The molecule has 0 spiro atoms. The van der Waals surface area contributed by atoms with Gasteiger partial charge in [-0.15, -0.1) is 0 Å². The molecule has 1 saturated heterocycles. The molecule has 2 unspecified atom stereocenters. The van der Waals surface area contributed by atoms with E-state index in [0.29, 0.717) is 24.3 Å². The molecule has 0 aliphatic carbocycles. The number of hydrogen-bond donors (Lipinski definition) is 1. The summed E-state index contributed by atoms with van der Waals surface area (Å²) in [5.41, 5.74) is 1.60. The van der Waals surface area contributed by atoms with E-state index in [1.807, 2.05) is 16.2 Å². The third-order valence-corrected chi connectivity index (χ3v) is 6.55. The van der Waals surface area contributed by atoms with Gasteiger partial charge < -0.3 is 19.2 Å². The number of fused-ring (bicyclic) bond motifs is 1. The molecule has 2 aliphatic rings. The molecule has 2 aliphatic heterocycles. The molecule has 1 amide bonds. The number of nitrogens with zero attached hydrogens (tertiary/aromatic N) is 2. The fourth-order valence-corrected chi connectivity index (χ4v) is 4.77. The number of halogens is 3. The van der Waals surface area contributed by atoms with Crippen molar-refractivity contribution in [2.45, 2.75) is 44.2 Å². The fourth-order valence-electron chi connectivity index (χ4n) is 4.31. The lowest BCUT2D eigenvalue weighted by atomic mass is 9.95. The molecule has 1 N–H and O–H groups in total. The standard InChI is InChI=1S/C20H22ClF2N3O2S/c1-25-15(8-17(27)24-12-3-2-6-28-10-12)16-7-11(9-26(16)20(25)29)18-14(22)5-4-13(21)19(18)23/h4-5,11-12H,2-3,6-10H2,1H3,(H,24,27). The van der Waals surface area contributed by atoms with E-state index in [0.717, 1.165) is 30.8 Å². The highest BCUT2D eigenvalue weighted by atomic mass is 35.5. The van der Waals surface area contributed by atoms with E-state index >= 15 is 0 Å². The van der Waals surface area contributed by atoms with Crippen LogP contribution in [0.15, 0.2) is 12.1 Å². The van der Waals surface area contributed by atoms with Crippen LogP contribution < -0.4 is 5.32 Å². The van der Waals surface area contributed by atoms with E-state index in [1.165, 1.54) is 12.1 Å². The van der Waals surface area contributed by atoms with E-state index in [2.05, 4.69) is 5.32 Å². The summed E-state index contributed by atoms with van der Waals surface area (Å²) in [5, 5.41) is 2.91. The lowest BCUT2D eigenvalue weighted by molar-refractivity contribution is -0.122. The monoisotopic (exact) mass is 441 g/mol. The normalized spacial score (nSPS) is 21.2. The van der Waals surface area contributed by atoms with Gasteiger partial charge in [0.1, 0.15) is 11.6 Å². The average molecular weight is 442 g/mol. The molecule has 9 heteroatoms. The maximum absolute atomic E-state index is 14.5. The minimum absolute atomic E-state index is 0.0163. The Morgan fingerprint density at radius 1 is 1.41 bits per heavy atom. The van der Waals surface area contributed by atoms with Crippen molar-refractivity contribution in [1.29, 1.82) is 0 Å². The van der Waals surface area contributed by atoms with Gasteiger partial charge in [0.05, 0.1) is 24.1 Å². The van der Waals surface area contributed by atoms with Crippen LogP contribution in [0.2, 0.25) is 5.02 Å². The number of amides is 1. The van der Waals surface area contributed by atoms with E-state index in [4.69, 9.17) is 28.6 Å². The summed E-state index contributed by atoms with van der Waals surface area (Å²) in [6, 6.07) is 2.42. The Morgan fingerprint density at radius 2 is 2.21 bits per heavy atom. The van der Waals surface area contributed by atoms with Gasteiger partial charge in [-0.1, -0.05) is 11.6 Å². The van der Waals surface area contributed by atoms with Crippen molar-refractivity contribution in [3.05, 3.63) is 50.5 Å². The maximum atomic E-state index is 14.5. The zero-order valence-electron chi connectivity index (χ0n) is 16.0. The second kappa shape index (κ2) is 8.16. The number of benzene rings is 1. The Kier molecular flexibility index (Phi) is 5.77. The molecule has 29 heavy (non-hydrogen) atoms. The summed E-state index contributed by atoms with van der Waals surface area (Å²) in [4.78, 5) is 12.6. The van der Waals surface area contributed by atoms with Crippen LogP contribution in [-0.4, -0.2) is 34.3 Å². The largest absolute Gasteiger partial charge is 0.379 e. The first-order valence-electron chi connectivity index (χ1n) is 9.64. The van der Waals surface area contributed by atoms with Crippen LogP contribution in [0, 0.1) is 16.4 Å². The lowest BCUT2D eigenvalue weighted by Crippen LogP contribution is -2.41. The van der Waals surface area contributed by atoms with Gasteiger partial charge in [0.2, 0.25) is 5.91 Å². The van der Waals surface area contributed by atoms with Gasteiger partial charge in [0.25, 0.3) is 0 Å². The highest BCUT2D eigenvalue weighted by molar-refractivity contribution is 7.71. The summed E-state index contributed by atoms with van der Waals surface area (Å²) >= 11 is 11.4. The van der Waals surface area contributed by atoms with Gasteiger partial charge in [-0.25, -0.2) is 8.78 Å². The Bertz CT molecular complexity index is 1010. The topological polar surface area (TPSA) is 48.2 Å². The Hall–Kier alpha value is -1.77. The van der Waals surface area contributed by atoms with E-state index < -0.39 is 17.6 Å². The third-order valence-electron chi connectivity index (χ3n) is 5.77. The number of imidazole rings is 1. The number of hydrogen-bond acceptors (Lipinski definition) is 3. The summed E-state index contributed by atoms with van der Waals surface area (Å²) in [6.07, 6.45) is 2.38. The van der Waals surface area contributed by atoms with Crippen molar-refractivity contribution in [2.75, 3.05) is 13.2 Å². The van der Waals surface area contributed by atoms with Crippen molar-refractivity contribution in [3.8, 4) is 0 Å². The van der Waals surface area contributed by atoms with Gasteiger partial charge in [0.15, 0.2) is 4.77 Å². The number of nitrogens with one attached hydrogen (secondary N) is 1. The number of carbonyl (C=O) groups is 1. The first-order valence-corrected chi connectivity index (χ1v) is 10.4. The summed E-state index contributed by atoms with van der Waals surface area (Å²) in [6.45, 7) is 1.60. The number of aromatic nitrogens is 2. The molecule has 3 heterocycles. The molecule has 1 aromatic carbocycles. The molecule has 156 valence electrons. The Morgan fingerprint density at radius 3 is 2.93 bits per heavy atom. The lowest BCUT2D eigenvalue weighted by Gasteiger charge is -2.23. The second-order valence-corrected chi connectivity index (χ2v) is 8.43. The fraction of sp³-hybridized carbons (Fsp3) is 0.500. The second-order valence-electron chi connectivity index (χ2n) is 7.66. The van der Waals surface area contributed by atoms with Crippen molar-refractivity contribution in [1.82, 2.24) is 14.5 Å². The molecule has 2 aromatic rings. The van der Waals surface area contributed by atoms with Crippen molar-refractivity contribution in [3.63, 3.8) is 0 Å². The summed E-state index contributed by atoms with van der Waals surface area (Å²) < 4.78 is 38.5. The predicted octanol–water partition coefficient (Wildman–Crippen LogP) is 3.67. The number of ether oxygens (including phenoxy) is 1. The van der Waals surface area contributed by atoms with Gasteiger partial charge in [-0.05, 0) is 43.6 Å². The quantitative estimate of drug-likeness (QED) is 0.581. The molecule has 1 fully saturated rings. The molecule has 0 bridgehead atoms. The molecule has 4 rings (SSSR count). The third kappa shape index (κ3) is 3.85. The van der Waals surface area contributed by atoms with Crippen LogP contribution in [-0.2, 0) is 36.0 Å². The molecule has 5 nitrogen and oxygen atoms in total. The van der Waals surface area contributed by atoms with Crippen LogP contribution >= 0.6 is 23.8 Å². The molecule has 1 aromatic heterocycles. The van der Waals surface area contributed by atoms with Crippen LogP contribution in [0.4, 0.5) is 8.78 Å². The van der Waals surface area contributed by atoms with E-state index in [9.17, 15) is 13.6 Å². The van der Waals surface area contributed by atoms with Crippen LogP contribution in [0.5, 0.6) is 0 Å². The first-order chi connectivity index (χ1) is 13.9. The van der Waals surface area contributed by atoms with Gasteiger partial charge in [-0.3, -0.25) is 4.79 Å². The minimum Gasteiger partial charge on any atom is -0.379 e. The average Bonchev–Trinajstić information content (AvgIpc) is 3.21. The summed E-state index contributed by atoms with van der Waals surface area (Å²) in [5.74, 6) is -1.87. The number of rotatable bonds is 4. The highest BCUT2D eigenvalue weighted by Crippen LogP contribution is 2.37. The van der Waals surface area contributed by atoms with Crippen LogP contribution in [0.25, 0.3) is 0 Å². The SMILES string of the molecule is Cn1c(CC(=O)NC2CCCOC2)c2n(c1=S)CC(c1c(F)ccc(Cl)c1F)C2. The zero-order valence-corrected chi connectivity index (χ0v) is 17.6. The Balaban J connectivity index is 1.57. The summed E-state index contributed by atoms with van der Waals surface area (Å²) in [7, 11) is 1.82. The Labute approximate surface area is 177 Å². The van der Waals surface area contributed by atoms with Crippen molar-refractivity contribution >= 4 is 29.7 Å². The van der Waals surface area contributed by atoms with E-state index in [1.54, 1.807) is 0 Å². The molecular formula is C20H22ClF2N3O2S. The zero-order chi connectivity index (χ0) is 20.7. The van der Waals surface area contributed by atoms with Crippen molar-refractivity contribution in [2.24, 2.45) is 7.05 Å². The molecule has 2 atom stereocenters. The predicted molar refractivity (Wildman–Crippen MR) is 108 cm³/mol. The smallest absolute Gasteiger partial charge is 0.226 e.